The van der Waals surface area contributed by atoms with Crippen LogP contribution >= 0.6 is 11.6 Å². The summed E-state index contributed by atoms with van der Waals surface area (Å²) in [6.07, 6.45) is 3.28. The normalized spacial score (nSPS) is 21.1. The number of carbonyl (C=O) groups excluding carboxylic acids is 3. The van der Waals surface area contributed by atoms with Gasteiger partial charge in [-0.05, 0) is 68.7 Å². The number of imide groups is 1. The van der Waals surface area contributed by atoms with Gasteiger partial charge < -0.3 is 5.32 Å². The van der Waals surface area contributed by atoms with Crippen molar-refractivity contribution in [3.8, 4) is 0 Å². The van der Waals surface area contributed by atoms with Crippen molar-refractivity contribution < 1.29 is 14.4 Å². The number of nitrogens with zero attached hydrogens (tertiary/aromatic N) is 1. The number of fused-ring (bicyclic) bond motifs is 1. The molecule has 0 saturated carbocycles. The van der Waals surface area contributed by atoms with Crippen molar-refractivity contribution in [1.82, 2.24) is 0 Å². The van der Waals surface area contributed by atoms with E-state index in [9.17, 15) is 14.4 Å². The Bertz CT molecular complexity index is 1040. The Balaban J connectivity index is 1.52. The molecule has 0 bridgehead atoms. The Hall–Kier alpha value is -2.92. The summed E-state index contributed by atoms with van der Waals surface area (Å²) in [6, 6.07) is 11.8. The van der Waals surface area contributed by atoms with Crippen LogP contribution in [0.3, 0.4) is 0 Å². The zero-order chi connectivity index (χ0) is 20.7. The minimum Gasteiger partial charge on any atom is -0.322 e. The first-order chi connectivity index (χ1) is 13.8. The number of nitrogens with one attached hydrogen (secondary N) is 1. The largest absolute Gasteiger partial charge is 0.322 e. The average Bonchev–Trinajstić information content (AvgIpc) is 2.94. The quantitative estimate of drug-likeness (QED) is 0.588. The van der Waals surface area contributed by atoms with Crippen molar-refractivity contribution in [3.63, 3.8) is 0 Å². The summed E-state index contributed by atoms with van der Waals surface area (Å²) >= 11 is 6.00. The number of benzene rings is 2. The van der Waals surface area contributed by atoms with Crippen LogP contribution in [0.5, 0.6) is 0 Å². The molecule has 1 saturated heterocycles. The Morgan fingerprint density at radius 3 is 2.45 bits per heavy atom. The van der Waals surface area contributed by atoms with Gasteiger partial charge in [0.1, 0.15) is 0 Å². The van der Waals surface area contributed by atoms with Gasteiger partial charge in [0.25, 0.3) is 5.91 Å². The molecule has 0 aromatic heterocycles. The third kappa shape index (κ3) is 3.58. The zero-order valence-corrected chi connectivity index (χ0v) is 17.0. The molecular weight excluding hydrogens is 388 g/mol. The predicted octanol–water partition coefficient (Wildman–Crippen LogP) is 4.75. The SMILES string of the molecule is CC1=CC[C@H]2C(=O)N(c3ccc(C(=O)Nc4cc(Cl)ccc4C)cc3)C(=O)[C@H]2C1. The second-order valence-electron chi connectivity index (χ2n) is 7.68. The Morgan fingerprint density at radius 2 is 1.72 bits per heavy atom. The van der Waals surface area contributed by atoms with E-state index in [1.165, 1.54) is 4.90 Å². The number of anilines is 2. The maximum atomic E-state index is 12.8. The van der Waals surface area contributed by atoms with Gasteiger partial charge in [0, 0.05) is 16.3 Å². The fourth-order valence-corrected chi connectivity index (χ4v) is 4.15. The van der Waals surface area contributed by atoms with E-state index in [-0.39, 0.29) is 29.6 Å². The van der Waals surface area contributed by atoms with Crippen LogP contribution < -0.4 is 10.2 Å². The highest BCUT2D eigenvalue weighted by Crippen LogP contribution is 2.39. The van der Waals surface area contributed by atoms with Crippen LogP contribution in [0.15, 0.2) is 54.1 Å². The van der Waals surface area contributed by atoms with Crippen LogP contribution in [0.2, 0.25) is 5.02 Å². The molecule has 5 nitrogen and oxygen atoms in total. The van der Waals surface area contributed by atoms with Gasteiger partial charge in [-0.2, -0.15) is 0 Å². The number of carbonyl (C=O) groups is 3. The second kappa shape index (κ2) is 7.48. The first-order valence-corrected chi connectivity index (χ1v) is 9.94. The predicted molar refractivity (Wildman–Crippen MR) is 113 cm³/mol. The van der Waals surface area contributed by atoms with Crippen molar-refractivity contribution in [3.05, 3.63) is 70.3 Å². The molecule has 1 aliphatic carbocycles. The summed E-state index contributed by atoms with van der Waals surface area (Å²) in [5, 5.41) is 3.38. The highest BCUT2D eigenvalue weighted by molar-refractivity contribution is 6.31. The molecule has 1 fully saturated rings. The molecule has 2 aromatic carbocycles. The molecule has 0 spiro atoms. The number of allylic oxidation sites excluding steroid dienone is 2. The van der Waals surface area contributed by atoms with E-state index in [2.05, 4.69) is 5.32 Å². The Labute approximate surface area is 174 Å². The van der Waals surface area contributed by atoms with Gasteiger partial charge in [0.2, 0.25) is 11.8 Å². The topological polar surface area (TPSA) is 66.5 Å². The molecule has 2 aromatic rings. The molecule has 3 amide bonds. The molecule has 0 radical (unpaired) electrons. The fraction of sp³-hybridized carbons (Fsp3) is 0.261. The summed E-state index contributed by atoms with van der Waals surface area (Å²) in [6.45, 7) is 3.88. The standard InChI is InChI=1S/C23H21ClN2O3/c1-13-3-10-18-19(11-13)23(29)26(22(18)28)17-8-5-15(6-9-17)21(27)25-20-12-16(24)7-4-14(20)2/h3-9,12,18-19H,10-11H2,1-2H3,(H,25,27)/t18-,19+/m1/s1. The molecule has 2 aliphatic rings. The zero-order valence-electron chi connectivity index (χ0n) is 16.2. The van der Waals surface area contributed by atoms with Crippen molar-refractivity contribution in [1.29, 1.82) is 0 Å². The smallest absolute Gasteiger partial charge is 0.255 e. The van der Waals surface area contributed by atoms with Gasteiger partial charge in [-0.3, -0.25) is 19.3 Å². The number of hydrogen-bond acceptors (Lipinski definition) is 3. The average molecular weight is 409 g/mol. The van der Waals surface area contributed by atoms with E-state index in [4.69, 9.17) is 11.6 Å². The molecule has 4 rings (SSSR count). The van der Waals surface area contributed by atoms with E-state index >= 15 is 0 Å². The third-order valence-corrected chi connectivity index (χ3v) is 5.89. The van der Waals surface area contributed by atoms with E-state index in [1.54, 1.807) is 36.4 Å². The van der Waals surface area contributed by atoms with Crippen LogP contribution in [0.25, 0.3) is 0 Å². The molecule has 29 heavy (non-hydrogen) atoms. The Kier molecular flexibility index (Phi) is 5.01. The van der Waals surface area contributed by atoms with Crippen molar-refractivity contribution in [2.75, 3.05) is 10.2 Å². The molecule has 1 N–H and O–H groups in total. The van der Waals surface area contributed by atoms with Crippen molar-refractivity contribution >= 4 is 40.7 Å². The second-order valence-corrected chi connectivity index (χ2v) is 8.11. The monoisotopic (exact) mass is 408 g/mol. The number of halogens is 1. The van der Waals surface area contributed by atoms with Gasteiger partial charge in [-0.15, -0.1) is 0 Å². The van der Waals surface area contributed by atoms with Gasteiger partial charge >= 0.3 is 0 Å². The summed E-state index contributed by atoms with van der Waals surface area (Å²) < 4.78 is 0. The number of aryl methyl sites for hydroxylation is 1. The molecular formula is C23H21ClN2O3. The van der Waals surface area contributed by atoms with Crippen LogP contribution in [0, 0.1) is 18.8 Å². The number of amides is 3. The van der Waals surface area contributed by atoms with Gasteiger partial charge in [-0.25, -0.2) is 0 Å². The van der Waals surface area contributed by atoms with E-state index in [0.29, 0.717) is 34.8 Å². The Morgan fingerprint density at radius 1 is 1.03 bits per heavy atom. The van der Waals surface area contributed by atoms with E-state index in [1.807, 2.05) is 26.0 Å². The maximum Gasteiger partial charge on any atom is 0.255 e. The van der Waals surface area contributed by atoms with Crippen LogP contribution in [-0.4, -0.2) is 17.7 Å². The van der Waals surface area contributed by atoms with Gasteiger partial charge in [-0.1, -0.05) is 29.3 Å². The fourth-order valence-electron chi connectivity index (χ4n) is 3.98. The molecule has 6 heteroatoms. The third-order valence-electron chi connectivity index (χ3n) is 5.66. The summed E-state index contributed by atoms with van der Waals surface area (Å²) in [4.78, 5) is 39.4. The first kappa shape index (κ1) is 19.4. The maximum absolute atomic E-state index is 12.8. The first-order valence-electron chi connectivity index (χ1n) is 9.56. The summed E-state index contributed by atoms with van der Waals surface area (Å²) in [5.74, 6) is -1.15. The summed E-state index contributed by atoms with van der Waals surface area (Å²) in [5.41, 5.74) is 3.63. The highest BCUT2D eigenvalue weighted by atomic mass is 35.5. The minimum atomic E-state index is -0.283. The minimum absolute atomic E-state index is 0.154. The van der Waals surface area contributed by atoms with Gasteiger partial charge in [0.15, 0.2) is 0 Å². The molecule has 1 aliphatic heterocycles. The molecule has 0 unspecified atom stereocenters. The highest BCUT2D eigenvalue weighted by Gasteiger charge is 2.48. The van der Waals surface area contributed by atoms with Crippen molar-refractivity contribution in [2.24, 2.45) is 11.8 Å². The summed E-state index contributed by atoms with van der Waals surface area (Å²) in [7, 11) is 0. The number of hydrogen-bond donors (Lipinski definition) is 1. The lowest BCUT2D eigenvalue weighted by Crippen LogP contribution is -2.30. The van der Waals surface area contributed by atoms with E-state index in [0.717, 1.165) is 11.1 Å². The van der Waals surface area contributed by atoms with Crippen LogP contribution in [-0.2, 0) is 9.59 Å². The molecule has 148 valence electrons. The number of rotatable bonds is 3. The lowest BCUT2D eigenvalue weighted by Gasteiger charge is -2.18. The molecule has 2 atom stereocenters. The van der Waals surface area contributed by atoms with Crippen LogP contribution in [0.4, 0.5) is 11.4 Å². The van der Waals surface area contributed by atoms with E-state index < -0.39 is 0 Å². The van der Waals surface area contributed by atoms with Crippen molar-refractivity contribution in [2.45, 2.75) is 26.7 Å². The lowest BCUT2D eigenvalue weighted by atomic mass is 9.82. The molecule has 1 heterocycles. The lowest BCUT2D eigenvalue weighted by molar-refractivity contribution is -0.122. The van der Waals surface area contributed by atoms with Gasteiger partial charge in [0.05, 0.1) is 17.5 Å². The van der Waals surface area contributed by atoms with Crippen LogP contribution in [0.1, 0.15) is 35.7 Å².